The number of anilines is 3. The molecule has 1 N–H and O–H groups in total. The van der Waals surface area contributed by atoms with E-state index in [0.717, 1.165) is 57.9 Å². The Hall–Kier alpha value is -3.41. The first-order valence-corrected chi connectivity index (χ1v) is 12.7. The molecule has 1 fully saturated rings. The summed E-state index contributed by atoms with van der Waals surface area (Å²) < 4.78 is 0. The molecule has 1 aliphatic rings. The maximum absolute atomic E-state index is 12.9. The number of fused-ring (bicyclic) bond motifs is 1. The summed E-state index contributed by atoms with van der Waals surface area (Å²) in [5.74, 6) is 0.833. The van der Waals surface area contributed by atoms with Crippen molar-refractivity contribution in [2.24, 2.45) is 0 Å². The zero-order valence-electron chi connectivity index (χ0n) is 21.4. The van der Waals surface area contributed by atoms with Crippen LogP contribution in [0.3, 0.4) is 0 Å². The molecule has 3 aromatic rings. The van der Waals surface area contributed by atoms with Gasteiger partial charge in [0.25, 0.3) is 0 Å². The zero-order valence-corrected chi connectivity index (χ0v) is 21.4. The van der Waals surface area contributed by atoms with Gasteiger partial charge < -0.3 is 15.1 Å². The Kier molecular flexibility index (Phi) is 7.69. The summed E-state index contributed by atoms with van der Waals surface area (Å²) in [4.78, 5) is 34.6. The topological polar surface area (TPSA) is 65.5 Å². The Morgan fingerprint density at radius 1 is 0.943 bits per heavy atom. The first kappa shape index (κ1) is 24.7. The Balaban J connectivity index is 1.40. The van der Waals surface area contributed by atoms with Crippen molar-refractivity contribution in [1.29, 1.82) is 0 Å². The lowest BCUT2D eigenvalue weighted by atomic mass is 10.1. The summed E-state index contributed by atoms with van der Waals surface area (Å²) >= 11 is 0. The number of carbonyl (C=O) groups is 2. The van der Waals surface area contributed by atoms with Crippen LogP contribution in [-0.4, -0.2) is 36.4 Å². The molecule has 6 nitrogen and oxygen atoms in total. The van der Waals surface area contributed by atoms with Crippen LogP contribution in [0.2, 0.25) is 0 Å². The van der Waals surface area contributed by atoms with Gasteiger partial charge in [-0.25, -0.2) is 4.98 Å². The van der Waals surface area contributed by atoms with E-state index in [-0.39, 0.29) is 24.7 Å². The first-order chi connectivity index (χ1) is 16.9. The first-order valence-electron chi connectivity index (χ1n) is 12.7. The number of aromatic nitrogens is 1. The molecule has 184 valence electrons. The van der Waals surface area contributed by atoms with Crippen LogP contribution < -0.4 is 15.1 Å². The van der Waals surface area contributed by atoms with Gasteiger partial charge in [0.1, 0.15) is 5.82 Å². The van der Waals surface area contributed by atoms with Crippen LogP contribution >= 0.6 is 0 Å². The van der Waals surface area contributed by atoms with Crippen molar-refractivity contribution in [3.63, 3.8) is 0 Å². The zero-order chi connectivity index (χ0) is 24.9. The second-order valence-electron chi connectivity index (χ2n) is 9.55. The number of pyridine rings is 1. The van der Waals surface area contributed by atoms with E-state index in [2.05, 4.69) is 23.2 Å². The number of nitrogens with one attached hydrogen (secondary N) is 1. The van der Waals surface area contributed by atoms with E-state index in [9.17, 15) is 9.59 Å². The molecule has 6 heteroatoms. The number of carbonyl (C=O) groups excluding carboxylic acids is 2. The van der Waals surface area contributed by atoms with Gasteiger partial charge in [0.15, 0.2) is 0 Å². The van der Waals surface area contributed by atoms with Gasteiger partial charge in [0, 0.05) is 49.2 Å². The molecule has 2 amide bonds. The minimum Gasteiger partial charge on any atom is -0.357 e. The average Bonchev–Trinajstić information content (AvgIpc) is 2.86. The van der Waals surface area contributed by atoms with E-state index in [1.165, 1.54) is 19.3 Å². The van der Waals surface area contributed by atoms with Crippen molar-refractivity contribution in [1.82, 2.24) is 4.98 Å². The van der Waals surface area contributed by atoms with Crippen molar-refractivity contribution >= 4 is 39.9 Å². The molecule has 0 saturated carbocycles. The SMILES string of the molecule is CCN(C(=O)CCC(=O)Nc1ccc2nc(N3CCCCC3)cc(C)c2c1)c1cc(C)ccc1C. The van der Waals surface area contributed by atoms with Gasteiger partial charge in [-0.05, 0) is 94.0 Å². The quantitative estimate of drug-likeness (QED) is 0.463. The van der Waals surface area contributed by atoms with Crippen molar-refractivity contribution in [3.8, 4) is 0 Å². The maximum Gasteiger partial charge on any atom is 0.227 e. The number of benzene rings is 2. The van der Waals surface area contributed by atoms with Crippen LogP contribution in [0.4, 0.5) is 17.2 Å². The number of aryl methyl sites for hydroxylation is 3. The fraction of sp³-hybridized carbons (Fsp3) is 0.414. The highest BCUT2D eigenvalue weighted by Gasteiger charge is 2.18. The third-order valence-electron chi connectivity index (χ3n) is 6.80. The molecular weight excluding hydrogens is 436 g/mol. The molecule has 1 aliphatic heterocycles. The van der Waals surface area contributed by atoms with E-state index < -0.39 is 0 Å². The van der Waals surface area contributed by atoms with Crippen molar-refractivity contribution in [3.05, 3.63) is 59.2 Å². The van der Waals surface area contributed by atoms with Crippen LogP contribution in [0.1, 0.15) is 55.7 Å². The van der Waals surface area contributed by atoms with E-state index in [0.29, 0.717) is 6.54 Å². The number of rotatable bonds is 7. The van der Waals surface area contributed by atoms with Crippen molar-refractivity contribution in [2.45, 2.75) is 59.8 Å². The molecule has 0 unspecified atom stereocenters. The third-order valence-corrected chi connectivity index (χ3v) is 6.80. The normalized spacial score (nSPS) is 13.7. The lowest BCUT2D eigenvalue weighted by molar-refractivity contribution is -0.122. The number of hydrogen-bond acceptors (Lipinski definition) is 4. The number of piperidine rings is 1. The molecule has 0 bridgehead atoms. The van der Waals surface area contributed by atoms with Gasteiger partial charge in [0.2, 0.25) is 11.8 Å². The summed E-state index contributed by atoms with van der Waals surface area (Å²) in [6, 6.07) is 14.1. The Morgan fingerprint density at radius 3 is 2.46 bits per heavy atom. The van der Waals surface area contributed by atoms with Crippen molar-refractivity contribution < 1.29 is 9.59 Å². The fourth-order valence-corrected chi connectivity index (χ4v) is 4.81. The van der Waals surface area contributed by atoms with E-state index >= 15 is 0 Å². The summed E-state index contributed by atoms with van der Waals surface area (Å²) in [7, 11) is 0. The standard InChI is InChI=1S/C29H36N4O2/c1-5-33(26-17-20(2)9-10-21(26)3)29(35)14-13-28(34)30-23-11-12-25-24(19-23)22(4)18-27(31-25)32-15-7-6-8-16-32/h9-12,17-19H,5-8,13-16H2,1-4H3,(H,30,34). The smallest absolute Gasteiger partial charge is 0.227 e. The second-order valence-corrected chi connectivity index (χ2v) is 9.55. The van der Waals surface area contributed by atoms with Crippen LogP contribution in [0.5, 0.6) is 0 Å². The highest BCUT2D eigenvalue weighted by molar-refractivity contribution is 5.99. The third kappa shape index (κ3) is 5.81. The molecular formula is C29H36N4O2. The molecule has 2 aromatic carbocycles. The summed E-state index contributed by atoms with van der Waals surface area (Å²) in [5, 5.41) is 4.00. The number of hydrogen-bond donors (Lipinski definition) is 1. The maximum atomic E-state index is 12.9. The Morgan fingerprint density at radius 2 is 1.71 bits per heavy atom. The fourth-order valence-electron chi connectivity index (χ4n) is 4.81. The minimum atomic E-state index is -0.162. The van der Waals surface area contributed by atoms with Gasteiger partial charge in [0.05, 0.1) is 5.52 Å². The van der Waals surface area contributed by atoms with Crippen LogP contribution in [0.15, 0.2) is 42.5 Å². The molecule has 2 heterocycles. The number of nitrogens with zero attached hydrogens (tertiary/aromatic N) is 3. The van der Waals surface area contributed by atoms with Crippen LogP contribution in [0, 0.1) is 20.8 Å². The highest BCUT2D eigenvalue weighted by Crippen LogP contribution is 2.27. The van der Waals surface area contributed by atoms with Crippen LogP contribution in [0.25, 0.3) is 10.9 Å². The van der Waals surface area contributed by atoms with Gasteiger partial charge in [-0.15, -0.1) is 0 Å². The number of amides is 2. The summed E-state index contributed by atoms with van der Waals surface area (Å²) in [5.41, 5.74) is 5.89. The summed E-state index contributed by atoms with van der Waals surface area (Å²) in [6.45, 7) is 10.8. The van der Waals surface area contributed by atoms with Gasteiger partial charge in [-0.1, -0.05) is 12.1 Å². The lowest BCUT2D eigenvalue weighted by Gasteiger charge is -2.28. The van der Waals surface area contributed by atoms with Gasteiger partial charge in [-0.2, -0.15) is 0 Å². The average molecular weight is 473 g/mol. The second kappa shape index (κ2) is 10.9. The molecule has 0 atom stereocenters. The monoisotopic (exact) mass is 472 g/mol. The summed E-state index contributed by atoms with van der Waals surface area (Å²) in [6.07, 6.45) is 4.03. The van der Waals surface area contributed by atoms with E-state index in [4.69, 9.17) is 4.98 Å². The molecule has 4 rings (SSSR count). The van der Waals surface area contributed by atoms with Gasteiger partial charge in [-0.3, -0.25) is 9.59 Å². The lowest BCUT2D eigenvalue weighted by Crippen LogP contribution is -2.32. The molecule has 0 radical (unpaired) electrons. The predicted octanol–water partition coefficient (Wildman–Crippen LogP) is 5.92. The Labute approximate surface area is 208 Å². The minimum absolute atomic E-state index is 0.0415. The van der Waals surface area contributed by atoms with Gasteiger partial charge >= 0.3 is 0 Å². The molecule has 0 spiro atoms. The molecule has 1 saturated heterocycles. The van der Waals surface area contributed by atoms with E-state index in [1.807, 2.05) is 57.2 Å². The van der Waals surface area contributed by atoms with Crippen LogP contribution in [-0.2, 0) is 9.59 Å². The van der Waals surface area contributed by atoms with E-state index in [1.54, 1.807) is 4.90 Å². The molecule has 0 aliphatic carbocycles. The Bertz CT molecular complexity index is 1230. The highest BCUT2D eigenvalue weighted by atomic mass is 16.2. The molecule has 1 aromatic heterocycles. The molecule has 35 heavy (non-hydrogen) atoms. The van der Waals surface area contributed by atoms with Crippen molar-refractivity contribution in [2.75, 3.05) is 34.8 Å². The largest absolute Gasteiger partial charge is 0.357 e. The predicted molar refractivity (Wildman–Crippen MR) is 144 cm³/mol.